The molecule has 0 aliphatic carbocycles. The van der Waals surface area contributed by atoms with E-state index in [-0.39, 0.29) is 16.4 Å². The molecule has 1 aromatic rings. The highest BCUT2D eigenvalue weighted by Gasteiger charge is 2.32. The van der Waals surface area contributed by atoms with Crippen LogP contribution >= 0.6 is 0 Å². The minimum absolute atomic E-state index is 0.0953. The lowest BCUT2D eigenvalue weighted by Gasteiger charge is -2.34. The predicted molar refractivity (Wildman–Crippen MR) is 85.9 cm³/mol. The molecule has 2 nitrogen and oxygen atoms in total. The summed E-state index contributed by atoms with van der Waals surface area (Å²) >= 11 is 0. The molecule has 20 heavy (non-hydrogen) atoms. The summed E-state index contributed by atoms with van der Waals surface area (Å²) in [4.78, 5) is 0. The second-order valence-electron chi connectivity index (χ2n) is 8.55. The summed E-state index contributed by atoms with van der Waals surface area (Å²) < 4.78 is 6.14. The summed E-state index contributed by atoms with van der Waals surface area (Å²) in [6, 6.07) is 3.63. The van der Waals surface area contributed by atoms with Crippen LogP contribution in [0.15, 0.2) is 12.1 Å². The molecule has 0 atom stereocenters. The zero-order valence-electron chi connectivity index (χ0n) is 14.5. The van der Waals surface area contributed by atoms with Gasteiger partial charge in [-0.2, -0.15) is 0 Å². The van der Waals surface area contributed by atoms with Crippen molar-refractivity contribution in [1.82, 2.24) is 0 Å². The van der Waals surface area contributed by atoms with E-state index in [9.17, 15) is 5.11 Å². The second-order valence-corrected chi connectivity index (χ2v) is 8.55. The van der Waals surface area contributed by atoms with Crippen molar-refractivity contribution in [3.05, 3.63) is 23.3 Å². The molecule has 0 fully saturated rings. The summed E-state index contributed by atoms with van der Waals surface area (Å²) in [5, 5.41) is 10.4. The fourth-order valence-corrected chi connectivity index (χ4v) is 2.49. The van der Waals surface area contributed by atoms with Crippen molar-refractivity contribution in [3.8, 4) is 11.5 Å². The molecule has 0 heterocycles. The fourth-order valence-electron chi connectivity index (χ4n) is 2.49. The molecule has 0 bridgehead atoms. The van der Waals surface area contributed by atoms with E-state index in [0.717, 1.165) is 16.9 Å². The van der Waals surface area contributed by atoms with Gasteiger partial charge in [0.15, 0.2) is 0 Å². The Morgan fingerprint density at radius 3 is 1.55 bits per heavy atom. The summed E-state index contributed by atoms with van der Waals surface area (Å²) in [7, 11) is 0. The Morgan fingerprint density at radius 1 is 0.750 bits per heavy atom. The molecule has 0 saturated heterocycles. The van der Waals surface area contributed by atoms with Crippen LogP contribution in [0.25, 0.3) is 0 Å². The number of ether oxygens (including phenoxy) is 1. The van der Waals surface area contributed by atoms with Gasteiger partial charge in [0.1, 0.15) is 17.1 Å². The van der Waals surface area contributed by atoms with Crippen LogP contribution in [0.1, 0.15) is 73.4 Å². The first kappa shape index (κ1) is 16.9. The van der Waals surface area contributed by atoms with E-state index in [2.05, 4.69) is 41.5 Å². The van der Waals surface area contributed by atoms with Gasteiger partial charge in [0.2, 0.25) is 0 Å². The highest BCUT2D eigenvalue weighted by molar-refractivity contribution is 5.54. The van der Waals surface area contributed by atoms with Crippen LogP contribution < -0.4 is 4.74 Å². The first-order valence-electron chi connectivity index (χ1n) is 7.29. The molecular formula is C18H30O2. The van der Waals surface area contributed by atoms with Gasteiger partial charge in [-0.1, -0.05) is 41.5 Å². The van der Waals surface area contributed by atoms with Crippen molar-refractivity contribution in [2.24, 2.45) is 0 Å². The Labute approximate surface area is 124 Å². The Balaban J connectivity index is 3.64. The molecule has 114 valence electrons. The van der Waals surface area contributed by atoms with Crippen molar-refractivity contribution in [2.45, 2.75) is 78.7 Å². The first-order valence-corrected chi connectivity index (χ1v) is 7.29. The minimum atomic E-state index is -0.258. The highest BCUT2D eigenvalue weighted by atomic mass is 16.5. The third kappa shape index (κ3) is 3.91. The lowest BCUT2D eigenvalue weighted by atomic mass is 9.74. The first-order chi connectivity index (χ1) is 8.73. The van der Waals surface area contributed by atoms with Crippen molar-refractivity contribution in [1.29, 1.82) is 0 Å². The van der Waals surface area contributed by atoms with E-state index < -0.39 is 0 Å². The third-order valence-corrected chi connectivity index (χ3v) is 3.06. The van der Waals surface area contributed by atoms with Crippen LogP contribution in [0.3, 0.4) is 0 Å². The van der Waals surface area contributed by atoms with Gasteiger partial charge in [0, 0.05) is 11.1 Å². The third-order valence-electron chi connectivity index (χ3n) is 3.06. The molecule has 0 aliphatic heterocycles. The van der Waals surface area contributed by atoms with E-state index in [1.165, 1.54) is 0 Å². The van der Waals surface area contributed by atoms with Crippen LogP contribution in [0, 0.1) is 0 Å². The summed E-state index contributed by atoms with van der Waals surface area (Å²) in [6.07, 6.45) is 0. The smallest absolute Gasteiger partial charge is 0.124 e. The number of hydrogen-bond acceptors (Lipinski definition) is 2. The number of phenols is 1. The minimum Gasteiger partial charge on any atom is -0.508 e. The average Bonchev–Trinajstić information content (AvgIpc) is 2.14. The van der Waals surface area contributed by atoms with Gasteiger partial charge in [-0.15, -0.1) is 0 Å². The molecule has 0 spiro atoms. The van der Waals surface area contributed by atoms with E-state index in [1.54, 1.807) is 6.07 Å². The van der Waals surface area contributed by atoms with Crippen molar-refractivity contribution in [2.75, 3.05) is 0 Å². The Morgan fingerprint density at radius 2 is 1.20 bits per heavy atom. The lowest BCUT2D eigenvalue weighted by Crippen LogP contribution is -2.28. The number of benzene rings is 1. The molecule has 1 aromatic carbocycles. The Kier molecular flexibility index (Phi) is 4.20. The predicted octanol–water partition coefficient (Wildman–Crippen LogP) is 5.16. The molecule has 1 N–H and O–H groups in total. The SMILES string of the molecule is CC(C)(C)Oc1ccc(O)c(C(C)(C)C)c1C(C)(C)C. The topological polar surface area (TPSA) is 29.5 Å². The van der Waals surface area contributed by atoms with Crippen LogP contribution in [0.4, 0.5) is 0 Å². The van der Waals surface area contributed by atoms with Gasteiger partial charge in [-0.3, -0.25) is 0 Å². The zero-order chi connectivity index (χ0) is 15.9. The number of phenolic OH excluding ortho intramolecular Hbond substituents is 1. The van der Waals surface area contributed by atoms with E-state index in [1.807, 2.05) is 26.8 Å². The van der Waals surface area contributed by atoms with Gasteiger partial charge < -0.3 is 9.84 Å². The zero-order valence-corrected chi connectivity index (χ0v) is 14.5. The summed E-state index contributed by atoms with van der Waals surface area (Å²) in [5.74, 6) is 1.22. The molecular weight excluding hydrogens is 248 g/mol. The van der Waals surface area contributed by atoms with Crippen molar-refractivity contribution >= 4 is 0 Å². The van der Waals surface area contributed by atoms with Crippen molar-refractivity contribution in [3.63, 3.8) is 0 Å². The lowest BCUT2D eigenvalue weighted by molar-refractivity contribution is 0.127. The summed E-state index contributed by atoms with van der Waals surface area (Å²) in [6.45, 7) is 19.0. The second kappa shape index (κ2) is 4.98. The number of aromatic hydroxyl groups is 1. The quantitative estimate of drug-likeness (QED) is 0.768. The van der Waals surface area contributed by atoms with Crippen LogP contribution in [-0.4, -0.2) is 10.7 Å². The molecule has 0 aliphatic rings. The summed E-state index contributed by atoms with van der Waals surface area (Å²) in [5.41, 5.74) is 1.59. The largest absolute Gasteiger partial charge is 0.508 e. The number of hydrogen-bond donors (Lipinski definition) is 1. The molecule has 0 unspecified atom stereocenters. The van der Waals surface area contributed by atoms with Gasteiger partial charge in [0.25, 0.3) is 0 Å². The van der Waals surface area contributed by atoms with Gasteiger partial charge in [0.05, 0.1) is 0 Å². The molecule has 2 heteroatoms. The van der Waals surface area contributed by atoms with Gasteiger partial charge in [-0.25, -0.2) is 0 Å². The standard InChI is InChI=1S/C18H30O2/c1-16(2,3)14-12(19)10-11-13(20-18(7,8)9)15(14)17(4,5)6/h10-11,19H,1-9H3. The highest BCUT2D eigenvalue weighted by Crippen LogP contribution is 2.45. The maximum absolute atomic E-state index is 10.4. The van der Waals surface area contributed by atoms with Gasteiger partial charge >= 0.3 is 0 Å². The maximum atomic E-state index is 10.4. The van der Waals surface area contributed by atoms with Crippen LogP contribution in [-0.2, 0) is 10.8 Å². The van der Waals surface area contributed by atoms with E-state index >= 15 is 0 Å². The van der Waals surface area contributed by atoms with E-state index in [4.69, 9.17) is 4.74 Å². The number of rotatable bonds is 1. The maximum Gasteiger partial charge on any atom is 0.124 e. The fraction of sp³-hybridized carbons (Fsp3) is 0.667. The molecule has 0 radical (unpaired) electrons. The average molecular weight is 278 g/mol. The van der Waals surface area contributed by atoms with Crippen LogP contribution in [0.2, 0.25) is 0 Å². The molecule has 0 amide bonds. The Hall–Kier alpha value is -1.18. The molecule has 0 aromatic heterocycles. The molecule has 1 rings (SSSR count). The van der Waals surface area contributed by atoms with E-state index in [0.29, 0.717) is 5.75 Å². The van der Waals surface area contributed by atoms with Gasteiger partial charge in [-0.05, 0) is 43.7 Å². The normalized spacial score (nSPS) is 13.4. The van der Waals surface area contributed by atoms with Crippen LogP contribution in [0.5, 0.6) is 11.5 Å². The molecule has 0 saturated carbocycles. The Bertz CT molecular complexity index is 480. The monoisotopic (exact) mass is 278 g/mol. The van der Waals surface area contributed by atoms with Crippen molar-refractivity contribution < 1.29 is 9.84 Å².